The topological polar surface area (TPSA) is 97.6 Å². The molecule has 0 unspecified atom stereocenters. The Morgan fingerprint density at radius 1 is 1.53 bits per heavy atom. The van der Waals surface area contributed by atoms with E-state index >= 15 is 0 Å². The van der Waals surface area contributed by atoms with Crippen molar-refractivity contribution in [2.24, 2.45) is 0 Å². The summed E-state index contributed by atoms with van der Waals surface area (Å²) in [6.07, 6.45) is 3.16. The van der Waals surface area contributed by atoms with Gasteiger partial charge in [0.2, 0.25) is 5.28 Å². The van der Waals surface area contributed by atoms with E-state index in [0.717, 1.165) is 11.8 Å². The van der Waals surface area contributed by atoms with Crippen molar-refractivity contribution < 1.29 is 4.92 Å². The van der Waals surface area contributed by atoms with E-state index in [1.54, 1.807) is 12.4 Å². The number of nitrogens with one attached hydrogen (secondary N) is 1. The van der Waals surface area contributed by atoms with Crippen LogP contribution < -0.4 is 0 Å². The molecule has 0 aliphatic rings. The lowest BCUT2D eigenvalue weighted by molar-refractivity contribution is -0.389. The van der Waals surface area contributed by atoms with Crippen LogP contribution in [0.3, 0.4) is 0 Å². The van der Waals surface area contributed by atoms with Crippen LogP contribution in [-0.4, -0.2) is 24.9 Å². The lowest BCUT2D eigenvalue weighted by Gasteiger charge is -2.02. The highest BCUT2D eigenvalue weighted by molar-refractivity contribution is 7.99. The number of imidazole rings is 1. The van der Waals surface area contributed by atoms with Gasteiger partial charge in [0, 0.05) is 12.4 Å². The normalized spacial score (nSPS) is 10.5. The number of hydrogen-bond acceptors (Lipinski definition) is 6. The summed E-state index contributed by atoms with van der Waals surface area (Å²) in [6, 6.07) is 0. The monoisotopic (exact) mass is 271 g/mol. The van der Waals surface area contributed by atoms with Crippen molar-refractivity contribution in [2.75, 3.05) is 0 Å². The first kappa shape index (κ1) is 11.8. The van der Waals surface area contributed by atoms with Crippen LogP contribution >= 0.6 is 23.4 Å². The number of halogens is 1. The smallest absolute Gasteiger partial charge is 0.322 e. The summed E-state index contributed by atoms with van der Waals surface area (Å²) in [5.41, 5.74) is 0.0693. The second kappa shape index (κ2) is 4.68. The molecule has 7 nitrogen and oxygen atoms in total. The van der Waals surface area contributed by atoms with Gasteiger partial charge in [-0.3, -0.25) is 10.1 Å². The third-order valence-corrected chi connectivity index (χ3v) is 2.91. The summed E-state index contributed by atoms with van der Waals surface area (Å²) < 4.78 is 0. The number of hydrogen-bond donors (Lipinski definition) is 1. The zero-order valence-corrected chi connectivity index (χ0v) is 10.1. The van der Waals surface area contributed by atoms with E-state index in [0.29, 0.717) is 5.16 Å². The van der Waals surface area contributed by atoms with Gasteiger partial charge >= 0.3 is 5.69 Å². The highest BCUT2D eigenvalue weighted by atomic mass is 35.5. The molecule has 0 fully saturated rings. The maximum Gasteiger partial charge on any atom is 0.322 e. The third-order valence-electron chi connectivity index (χ3n) is 1.85. The summed E-state index contributed by atoms with van der Waals surface area (Å²) in [5, 5.41) is 11.6. The SMILES string of the molecule is Cc1nc(Cl)nc(Sc2ncc[nH]2)c1[N+](=O)[O-]. The van der Waals surface area contributed by atoms with Crippen molar-refractivity contribution in [3.63, 3.8) is 0 Å². The summed E-state index contributed by atoms with van der Waals surface area (Å²) in [7, 11) is 0. The van der Waals surface area contributed by atoms with Gasteiger partial charge in [-0.2, -0.15) is 0 Å². The Hall–Kier alpha value is -1.67. The fourth-order valence-electron chi connectivity index (χ4n) is 1.19. The van der Waals surface area contributed by atoms with E-state index in [1.165, 1.54) is 6.92 Å². The number of nitrogens with zero attached hydrogens (tertiary/aromatic N) is 4. The summed E-state index contributed by atoms with van der Waals surface area (Å²) >= 11 is 6.71. The van der Waals surface area contributed by atoms with Crippen LogP contribution in [0.15, 0.2) is 22.6 Å². The first-order valence-electron chi connectivity index (χ1n) is 4.43. The molecule has 0 aromatic carbocycles. The molecule has 0 aliphatic heterocycles. The number of nitro groups is 1. The van der Waals surface area contributed by atoms with Crippen LogP contribution in [-0.2, 0) is 0 Å². The second-order valence-electron chi connectivity index (χ2n) is 2.99. The van der Waals surface area contributed by atoms with Gasteiger partial charge in [0.05, 0.1) is 4.92 Å². The first-order valence-corrected chi connectivity index (χ1v) is 5.63. The Bertz CT molecular complexity index is 559. The molecule has 2 heterocycles. The molecule has 0 atom stereocenters. The van der Waals surface area contributed by atoms with Crippen LogP contribution in [0, 0.1) is 17.0 Å². The van der Waals surface area contributed by atoms with E-state index in [-0.39, 0.29) is 21.7 Å². The predicted molar refractivity (Wildman–Crippen MR) is 61.1 cm³/mol. The highest BCUT2D eigenvalue weighted by Crippen LogP contribution is 2.33. The second-order valence-corrected chi connectivity index (χ2v) is 4.30. The van der Waals surface area contributed by atoms with Gasteiger partial charge in [-0.15, -0.1) is 0 Å². The minimum absolute atomic E-state index is 0.0258. The zero-order valence-electron chi connectivity index (χ0n) is 8.55. The summed E-state index contributed by atoms with van der Waals surface area (Å²) in [6.45, 7) is 1.51. The number of rotatable bonds is 3. The van der Waals surface area contributed by atoms with Gasteiger partial charge in [-0.05, 0) is 30.3 Å². The largest absolute Gasteiger partial charge is 0.339 e. The van der Waals surface area contributed by atoms with Gasteiger partial charge in [0.1, 0.15) is 5.69 Å². The Morgan fingerprint density at radius 3 is 2.88 bits per heavy atom. The molecular formula is C8H6ClN5O2S. The van der Waals surface area contributed by atoms with E-state index in [1.807, 2.05) is 0 Å². The molecular weight excluding hydrogens is 266 g/mol. The number of H-pyrrole nitrogens is 1. The Balaban J connectivity index is 2.47. The minimum Gasteiger partial charge on any atom is -0.339 e. The zero-order chi connectivity index (χ0) is 12.4. The molecule has 0 radical (unpaired) electrons. The summed E-state index contributed by atoms with van der Waals surface area (Å²) in [4.78, 5) is 24.8. The molecule has 0 saturated heterocycles. The molecule has 9 heteroatoms. The van der Waals surface area contributed by atoms with Crippen LogP contribution in [0.4, 0.5) is 5.69 Å². The Labute approximate surface area is 105 Å². The Kier molecular flexibility index (Phi) is 3.25. The van der Waals surface area contributed by atoms with Crippen LogP contribution in [0.2, 0.25) is 5.28 Å². The quantitative estimate of drug-likeness (QED) is 0.398. The molecule has 2 aromatic heterocycles. The maximum absolute atomic E-state index is 10.9. The number of aromatic amines is 1. The van der Waals surface area contributed by atoms with Gasteiger partial charge in [0.25, 0.3) is 0 Å². The van der Waals surface area contributed by atoms with Crippen LogP contribution in [0.5, 0.6) is 0 Å². The van der Waals surface area contributed by atoms with E-state index < -0.39 is 4.92 Å². The van der Waals surface area contributed by atoms with Crippen molar-refractivity contribution in [1.29, 1.82) is 0 Å². The average Bonchev–Trinajstić information content (AvgIpc) is 2.68. The van der Waals surface area contributed by atoms with Crippen molar-refractivity contribution >= 4 is 29.1 Å². The molecule has 2 aromatic rings. The lowest BCUT2D eigenvalue weighted by atomic mass is 10.4. The maximum atomic E-state index is 10.9. The summed E-state index contributed by atoms with van der Waals surface area (Å²) in [5.74, 6) is 0. The Morgan fingerprint density at radius 2 is 2.29 bits per heavy atom. The van der Waals surface area contributed by atoms with E-state index in [4.69, 9.17) is 11.6 Å². The van der Waals surface area contributed by atoms with Crippen molar-refractivity contribution in [3.8, 4) is 0 Å². The molecule has 1 N–H and O–H groups in total. The molecule has 0 bridgehead atoms. The number of aromatic nitrogens is 4. The van der Waals surface area contributed by atoms with Gasteiger partial charge in [-0.25, -0.2) is 15.0 Å². The molecule has 0 aliphatic carbocycles. The molecule has 0 amide bonds. The van der Waals surface area contributed by atoms with Crippen LogP contribution in [0.25, 0.3) is 0 Å². The standard InChI is InChI=1S/C8H6ClN5O2S/c1-4-5(14(15)16)6(13-7(9)12-4)17-8-10-2-3-11-8/h2-3H,1H3,(H,10,11). The van der Waals surface area contributed by atoms with Gasteiger partial charge in [0.15, 0.2) is 10.2 Å². The average molecular weight is 272 g/mol. The van der Waals surface area contributed by atoms with Crippen LogP contribution in [0.1, 0.15) is 5.69 Å². The first-order chi connectivity index (χ1) is 8.08. The van der Waals surface area contributed by atoms with E-state index in [2.05, 4.69) is 19.9 Å². The van der Waals surface area contributed by atoms with Crippen molar-refractivity contribution in [3.05, 3.63) is 33.5 Å². The van der Waals surface area contributed by atoms with E-state index in [9.17, 15) is 10.1 Å². The molecule has 0 saturated carbocycles. The van der Waals surface area contributed by atoms with Gasteiger partial charge < -0.3 is 4.98 Å². The van der Waals surface area contributed by atoms with Crippen molar-refractivity contribution in [2.45, 2.75) is 17.1 Å². The third kappa shape index (κ3) is 2.53. The highest BCUT2D eigenvalue weighted by Gasteiger charge is 2.23. The molecule has 17 heavy (non-hydrogen) atoms. The van der Waals surface area contributed by atoms with Gasteiger partial charge in [-0.1, -0.05) is 0 Å². The minimum atomic E-state index is -0.531. The molecule has 88 valence electrons. The molecule has 0 spiro atoms. The predicted octanol–water partition coefficient (Wildman–Crippen LogP) is 2.22. The lowest BCUT2D eigenvalue weighted by Crippen LogP contribution is -2.00. The fraction of sp³-hybridized carbons (Fsp3) is 0.125. The number of aryl methyl sites for hydroxylation is 1. The molecule has 2 rings (SSSR count). The fourth-order valence-corrected chi connectivity index (χ4v) is 2.32. The van der Waals surface area contributed by atoms with Crippen molar-refractivity contribution in [1.82, 2.24) is 19.9 Å².